The van der Waals surface area contributed by atoms with Gasteiger partial charge in [0, 0.05) is 38.8 Å². The van der Waals surface area contributed by atoms with Gasteiger partial charge in [0.2, 0.25) is 0 Å². The number of hydrogen-bond acceptors (Lipinski definition) is 3. The SMILES string of the molecule is CCC1CN(Cc2ccc(F)cc2CN)CCN1C. The Balaban J connectivity index is 2.05. The normalized spacial score (nSPS) is 21.8. The van der Waals surface area contributed by atoms with Crippen LogP contribution < -0.4 is 5.73 Å². The number of halogens is 1. The van der Waals surface area contributed by atoms with Crippen molar-refractivity contribution < 1.29 is 4.39 Å². The maximum absolute atomic E-state index is 13.2. The van der Waals surface area contributed by atoms with Crippen LogP contribution in [-0.4, -0.2) is 42.5 Å². The van der Waals surface area contributed by atoms with Gasteiger partial charge in [-0.2, -0.15) is 0 Å². The molecule has 1 heterocycles. The summed E-state index contributed by atoms with van der Waals surface area (Å²) >= 11 is 0. The third kappa shape index (κ3) is 3.53. The van der Waals surface area contributed by atoms with E-state index < -0.39 is 0 Å². The zero-order chi connectivity index (χ0) is 13.8. The van der Waals surface area contributed by atoms with Crippen LogP contribution in [0.4, 0.5) is 4.39 Å². The maximum atomic E-state index is 13.2. The van der Waals surface area contributed by atoms with Gasteiger partial charge >= 0.3 is 0 Å². The third-order valence-electron chi connectivity index (χ3n) is 4.11. The van der Waals surface area contributed by atoms with Crippen molar-refractivity contribution in [3.05, 3.63) is 35.1 Å². The summed E-state index contributed by atoms with van der Waals surface area (Å²) in [5.41, 5.74) is 7.79. The Morgan fingerprint density at radius 1 is 1.32 bits per heavy atom. The van der Waals surface area contributed by atoms with E-state index in [4.69, 9.17) is 5.73 Å². The zero-order valence-electron chi connectivity index (χ0n) is 11.9. The third-order valence-corrected chi connectivity index (χ3v) is 4.11. The highest BCUT2D eigenvalue weighted by atomic mass is 19.1. The van der Waals surface area contributed by atoms with Crippen molar-refractivity contribution >= 4 is 0 Å². The Morgan fingerprint density at radius 3 is 2.79 bits per heavy atom. The van der Waals surface area contributed by atoms with Gasteiger partial charge in [0.1, 0.15) is 5.82 Å². The fourth-order valence-electron chi connectivity index (χ4n) is 2.77. The van der Waals surface area contributed by atoms with Crippen LogP contribution in [0.3, 0.4) is 0 Å². The predicted octanol–water partition coefficient (Wildman–Crippen LogP) is 1.81. The van der Waals surface area contributed by atoms with Gasteiger partial charge in [-0.15, -0.1) is 0 Å². The number of hydrogen-bond donors (Lipinski definition) is 1. The van der Waals surface area contributed by atoms with Crippen LogP contribution in [0, 0.1) is 5.82 Å². The van der Waals surface area contributed by atoms with Crippen LogP contribution >= 0.6 is 0 Å². The van der Waals surface area contributed by atoms with E-state index in [-0.39, 0.29) is 5.82 Å². The Labute approximate surface area is 115 Å². The zero-order valence-corrected chi connectivity index (χ0v) is 11.9. The lowest BCUT2D eigenvalue weighted by Gasteiger charge is -2.39. The van der Waals surface area contributed by atoms with E-state index >= 15 is 0 Å². The minimum atomic E-state index is -0.200. The van der Waals surface area contributed by atoms with Gasteiger partial charge in [-0.05, 0) is 36.7 Å². The van der Waals surface area contributed by atoms with Gasteiger partial charge in [0.05, 0.1) is 0 Å². The van der Waals surface area contributed by atoms with Crippen LogP contribution in [0.25, 0.3) is 0 Å². The predicted molar refractivity (Wildman–Crippen MR) is 76.3 cm³/mol. The molecule has 0 aliphatic carbocycles. The van der Waals surface area contributed by atoms with Crippen LogP contribution in [-0.2, 0) is 13.1 Å². The fraction of sp³-hybridized carbons (Fsp3) is 0.600. The van der Waals surface area contributed by atoms with E-state index in [1.165, 1.54) is 12.5 Å². The van der Waals surface area contributed by atoms with Crippen molar-refractivity contribution in [1.29, 1.82) is 0 Å². The Bertz CT molecular complexity index is 422. The fourth-order valence-corrected chi connectivity index (χ4v) is 2.77. The standard InChI is InChI=1S/C15H24FN3/c1-3-15-11-19(7-6-18(15)2)10-12-4-5-14(16)8-13(12)9-17/h4-5,8,15H,3,6-7,9-11,17H2,1-2H3. The lowest BCUT2D eigenvalue weighted by molar-refractivity contribution is 0.0882. The molecule has 2 N–H and O–H groups in total. The average molecular weight is 265 g/mol. The van der Waals surface area contributed by atoms with E-state index in [1.807, 2.05) is 6.07 Å². The van der Waals surface area contributed by atoms with Gasteiger partial charge in [-0.1, -0.05) is 13.0 Å². The molecule has 2 rings (SSSR count). The molecule has 3 nitrogen and oxygen atoms in total. The number of nitrogens with zero attached hydrogens (tertiary/aromatic N) is 2. The molecule has 1 aromatic carbocycles. The van der Waals surface area contributed by atoms with Crippen LogP contribution in [0.1, 0.15) is 24.5 Å². The molecule has 4 heteroatoms. The van der Waals surface area contributed by atoms with Crippen LogP contribution in [0.15, 0.2) is 18.2 Å². The van der Waals surface area contributed by atoms with Gasteiger partial charge in [-0.25, -0.2) is 4.39 Å². The molecule has 0 aromatic heterocycles. The Morgan fingerprint density at radius 2 is 2.11 bits per heavy atom. The number of benzene rings is 1. The molecule has 106 valence electrons. The molecule has 1 unspecified atom stereocenters. The quantitative estimate of drug-likeness (QED) is 0.901. The molecule has 1 atom stereocenters. The van der Waals surface area contributed by atoms with Crippen LogP contribution in [0.2, 0.25) is 0 Å². The van der Waals surface area contributed by atoms with E-state index in [2.05, 4.69) is 23.8 Å². The maximum Gasteiger partial charge on any atom is 0.123 e. The molecule has 0 bridgehead atoms. The van der Waals surface area contributed by atoms with Crippen LogP contribution in [0.5, 0.6) is 0 Å². The molecule has 1 saturated heterocycles. The highest BCUT2D eigenvalue weighted by Gasteiger charge is 2.23. The summed E-state index contributed by atoms with van der Waals surface area (Å²) in [6, 6.07) is 5.58. The smallest absolute Gasteiger partial charge is 0.123 e. The van der Waals surface area contributed by atoms with Gasteiger partial charge in [-0.3, -0.25) is 4.90 Å². The van der Waals surface area contributed by atoms with E-state index in [1.54, 1.807) is 6.07 Å². The minimum absolute atomic E-state index is 0.200. The molecule has 0 amide bonds. The van der Waals surface area contributed by atoms with Gasteiger partial charge < -0.3 is 10.6 Å². The molecule has 19 heavy (non-hydrogen) atoms. The molecule has 0 saturated carbocycles. The number of piperazine rings is 1. The molecule has 1 aliphatic rings. The topological polar surface area (TPSA) is 32.5 Å². The van der Waals surface area contributed by atoms with Crippen molar-refractivity contribution in [2.75, 3.05) is 26.7 Å². The lowest BCUT2D eigenvalue weighted by Crippen LogP contribution is -2.50. The Hall–Kier alpha value is -0.970. The molecular formula is C15H24FN3. The number of likely N-dealkylation sites (N-methyl/N-ethyl adjacent to an activating group) is 1. The molecular weight excluding hydrogens is 241 g/mol. The largest absolute Gasteiger partial charge is 0.326 e. The molecule has 1 aromatic rings. The molecule has 0 radical (unpaired) electrons. The summed E-state index contributed by atoms with van der Waals surface area (Å²) in [6.07, 6.45) is 1.17. The summed E-state index contributed by atoms with van der Waals surface area (Å²) in [5.74, 6) is -0.200. The van der Waals surface area contributed by atoms with Gasteiger partial charge in [0.25, 0.3) is 0 Å². The Kier molecular flexibility index (Phi) is 4.91. The summed E-state index contributed by atoms with van der Waals surface area (Å²) in [4.78, 5) is 4.87. The summed E-state index contributed by atoms with van der Waals surface area (Å²) in [5, 5.41) is 0. The highest BCUT2D eigenvalue weighted by Crippen LogP contribution is 2.17. The van der Waals surface area contributed by atoms with E-state index in [0.717, 1.165) is 37.3 Å². The monoisotopic (exact) mass is 265 g/mol. The van der Waals surface area contributed by atoms with Gasteiger partial charge in [0.15, 0.2) is 0 Å². The second kappa shape index (κ2) is 6.46. The van der Waals surface area contributed by atoms with Crippen molar-refractivity contribution in [2.45, 2.75) is 32.5 Å². The van der Waals surface area contributed by atoms with Crippen molar-refractivity contribution in [3.63, 3.8) is 0 Å². The second-order valence-corrected chi connectivity index (χ2v) is 5.39. The first-order valence-corrected chi connectivity index (χ1v) is 7.04. The molecule has 1 fully saturated rings. The second-order valence-electron chi connectivity index (χ2n) is 5.39. The van der Waals surface area contributed by atoms with E-state index in [9.17, 15) is 4.39 Å². The minimum Gasteiger partial charge on any atom is -0.326 e. The van der Waals surface area contributed by atoms with Crippen molar-refractivity contribution in [1.82, 2.24) is 9.80 Å². The highest BCUT2D eigenvalue weighted by molar-refractivity contribution is 5.27. The average Bonchev–Trinajstić information content (AvgIpc) is 2.42. The summed E-state index contributed by atoms with van der Waals surface area (Å²) in [6.45, 7) is 6.74. The molecule has 1 aliphatic heterocycles. The first-order valence-electron chi connectivity index (χ1n) is 7.04. The number of rotatable bonds is 4. The van der Waals surface area contributed by atoms with E-state index in [0.29, 0.717) is 12.6 Å². The first-order chi connectivity index (χ1) is 9.13. The lowest BCUT2D eigenvalue weighted by atomic mass is 10.0. The number of nitrogens with two attached hydrogens (primary N) is 1. The molecule has 0 spiro atoms. The summed E-state index contributed by atoms with van der Waals surface area (Å²) < 4.78 is 13.2. The summed E-state index contributed by atoms with van der Waals surface area (Å²) in [7, 11) is 2.19. The first kappa shape index (κ1) is 14.4. The van der Waals surface area contributed by atoms with Crippen molar-refractivity contribution in [2.24, 2.45) is 5.73 Å². The van der Waals surface area contributed by atoms with Crippen molar-refractivity contribution in [3.8, 4) is 0 Å².